The molecule has 1 aliphatic rings. The predicted octanol–water partition coefficient (Wildman–Crippen LogP) is 4.46. The molecule has 0 amide bonds. The Kier molecular flexibility index (Phi) is 5.57. The van der Waals surface area contributed by atoms with Gasteiger partial charge < -0.3 is 0 Å². The fourth-order valence-corrected chi connectivity index (χ4v) is 4.44. The fourth-order valence-electron chi connectivity index (χ4n) is 1.48. The molecule has 0 radical (unpaired) electrons. The Morgan fingerprint density at radius 3 is 1.75 bits per heavy atom. The van der Waals surface area contributed by atoms with Crippen molar-refractivity contribution in [1.82, 2.24) is 0 Å². The Bertz CT molecular complexity index is 93.5. The van der Waals surface area contributed by atoms with E-state index in [-0.39, 0.29) is 1.43 Å². The van der Waals surface area contributed by atoms with Crippen LogP contribution in [0.5, 0.6) is 0 Å². The summed E-state index contributed by atoms with van der Waals surface area (Å²) in [5, 5.41) is 0. The summed E-state index contributed by atoms with van der Waals surface area (Å²) < 4.78 is 0. The largest absolute Gasteiger partial charge is 0.0939 e. The molecule has 0 aromatic rings. The smallest absolute Gasteiger partial charge is 0.00626 e. The minimum absolute atomic E-state index is 0. The van der Waals surface area contributed by atoms with Gasteiger partial charge in [0, 0.05) is 12.9 Å². The third-order valence-electron chi connectivity index (χ3n) is 2.43. The van der Waals surface area contributed by atoms with E-state index in [4.69, 9.17) is 0 Å². The van der Waals surface area contributed by atoms with Gasteiger partial charge in [0.1, 0.15) is 0 Å². The van der Waals surface area contributed by atoms with Gasteiger partial charge in [0.2, 0.25) is 0 Å². The van der Waals surface area contributed by atoms with Gasteiger partial charge in [-0.15, -0.1) is 0 Å². The zero-order valence-corrected chi connectivity index (χ0v) is 9.85. The molecule has 2 unspecified atom stereocenters. The zero-order valence-electron chi connectivity index (χ0n) is 8.21. The first kappa shape index (κ1) is 10.8. The van der Waals surface area contributed by atoms with Crippen LogP contribution >= 0.6 is 21.6 Å². The summed E-state index contributed by atoms with van der Waals surface area (Å²) in [7, 11) is 4.16. The SMILES string of the molecule is CC1CCCCC(C)CSSC1.[HH]. The molecule has 0 aromatic heterocycles. The molecule has 1 heterocycles. The van der Waals surface area contributed by atoms with E-state index in [2.05, 4.69) is 35.4 Å². The van der Waals surface area contributed by atoms with Crippen molar-refractivity contribution >= 4 is 21.6 Å². The molecule has 2 heteroatoms. The minimum atomic E-state index is 0. The second kappa shape index (κ2) is 6.20. The van der Waals surface area contributed by atoms with Gasteiger partial charge >= 0.3 is 0 Å². The molecule has 0 aromatic carbocycles. The lowest BCUT2D eigenvalue weighted by Gasteiger charge is -2.16. The van der Waals surface area contributed by atoms with Crippen molar-refractivity contribution in [2.45, 2.75) is 39.5 Å². The lowest BCUT2D eigenvalue weighted by atomic mass is 10.0. The van der Waals surface area contributed by atoms with Gasteiger partial charge in [0.05, 0.1) is 0 Å². The highest BCUT2D eigenvalue weighted by Crippen LogP contribution is 2.30. The minimum Gasteiger partial charge on any atom is -0.0939 e. The lowest BCUT2D eigenvalue weighted by Crippen LogP contribution is -2.03. The van der Waals surface area contributed by atoms with Crippen LogP contribution in [0.4, 0.5) is 0 Å². The van der Waals surface area contributed by atoms with E-state index in [0.717, 1.165) is 11.8 Å². The van der Waals surface area contributed by atoms with Crippen LogP contribution in [0, 0.1) is 11.8 Å². The van der Waals surface area contributed by atoms with Crippen LogP contribution in [0.3, 0.4) is 0 Å². The number of hydrogen-bond donors (Lipinski definition) is 0. The summed E-state index contributed by atoms with van der Waals surface area (Å²) >= 11 is 0. The van der Waals surface area contributed by atoms with Crippen molar-refractivity contribution < 1.29 is 1.43 Å². The molecule has 0 saturated carbocycles. The highest BCUT2D eigenvalue weighted by molar-refractivity contribution is 8.76. The number of hydrogen-bond acceptors (Lipinski definition) is 2. The molecule has 1 rings (SSSR count). The summed E-state index contributed by atoms with van der Waals surface area (Å²) in [6, 6.07) is 0. The van der Waals surface area contributed by atoms with Crippen molar-refractivity contribution in [2.75, 3.05) is 11.5 Å². The highest BCUT2D eigenvalue weighted by Gasteiger charge is 2.08. The maximum atomic E-state index is 2.39. The van der Waals surface area contributed by atoms with Crippen LogP contribution in [0.2, 0.25) is 0 Å². The maximum Gasteiger partial charge on any atom is 0.00626 e. The van der Waals surface area contributed by atoms with Gasteiger partial charge in [0.15, 0.2) is 0 Å². The van der Waals surface area contributed by atoms with Crippen LogP contribution in [0.25, 0.3) is 0 Å². The third-order valence-corrected chi connectivity index (χ3v) is 5.33. The Balaban J connectivity index is 0.00000144. The molecular weight excluding hydrogens is 184 g/mol. The van der Waals surface area contributed by atoms with E-state index in [1.165, 1.54) is 37.2 Å². The first-order valence-electron chi connectivity index (χ1n) is 5.03. The first-order chi connectivity index (χ1) is 5.79. The third kappa shape index (κ3) is 4.66. The number of rotatable bonds is 0. The van der Waals surface area contributed by atoms with E-state index in [1.807, 2.05) is 0 Å². The summed E-state index contributed by atoms with van der Waals surface area (Å²) in [4.78, 5) is 0. The fraction of sp³-hybridized carbons (Fsp3) is 1.00. The van der Waals surface area contributed by atoms with Crippen LogP contribution in [-0.4, -0.2) is 11.5 Å². The van der Waals surface area contributed by atoms with Crippen LogP contribution in [0.1, 0.15) is 41.0 Å². The van der Waals surface area contributed by atoms with Gasteiger partial charge in [-0.3, -0.25) is 0 Å². The summed E-state index contributed by atoms with van der Waals surface area (Å²) in [5.41, 5.74) is 0. The zero-order chi connectivity index (χ0) is 8.81. The second-order valence-corrected chi connectivity index (χ2v) is 6.62. The average Bonchev–Trinajstić information content (AvgIpc) is 2.06. The molecule has 0 aliphatic carbocycles. The Morgan fingerprint density at radius 2 is 1.33 bits per heavy atom. The van der Waals surface area contributed by atoms with Crippen molar-refractivity contribution in [3.05, 3.63) is 0 Å². The Labute approximate surface area is 86.1 Å². The molecule has 0 bridgehead atoms. The molecule has 0 spiro atoms. The molecule has 1 saturated heterocycles. The van der Waals surface area contributed by atoms with Gasteiger partial charge in [-0.25, -0.2) is 0 Å². The van der Waals surface area contributed by atoms with E-state index in [9.17, 15) is 0 Å². The second-order valence-electron chi connectivity index (χ2n) is 4.06. The molecule has 74 valence electrons. The van der Waals surface area contributed by atoms with E-state index >= 15 is 0 Å². The van der Waals surface area contributed by atoms with Gasteiger partial charge in [-0.2, -0.15) is 0 Å². The summed E-state index contributed by atoms with van der Waals surface area (Å²) in [5.74, 6) is 4.60. The predicted molar refractivity (Wildman–Crippen MR) is 63.8 cm³/mol. The molecule has 12 heavy (non-hydrogen) atoms. The molecule has 1 aliphatic heterocycles. The van der Waals surface area contributed by atoms with Crippen LogP contribution in [-0.2, 0) is 0 Å². The Morgan fingerprint density at radius 1 is 0.917 bits per heavy atom. The van der Waals surface area contributed by atoms with Gasteiger partial charge in [-0.1, -0.05) is 48.3 Å². The average molecular weight is 206 g/mol. The highest BCUT2D eigenvalue weighted by atomic mass is 33.1. The monoisotopic (exact) mass is 206 g/mol. The van der Waals surface area contributed by atoms with Crippen LogP contribution in [0.15, 0.2) is 0 Å². The molecule has 1 fully saturated rings. The normalized spacial score (nSPS) is 34.5. The van der Waals surface area contributed by atoms with Crippen molar-refractivity contribution in [1.29, 1.82) is 0 Å². The van der Waals surface area contributed by atoms with Gasteiger partial charge in [0.25, 0.3) is 0 Å². The lowest BCUT2D eigenvalue weighted by molar-refractivity contribution is 0.490. The van der Waals surface area contributed by atoms with E-state index < -0.39 is 0 Å². The van der Waals surface area contributed by atoms with Crippen LogP contribution < -0.4 is 0 Å². The summed E-state index contributed by atoms with van der Waals surface area (Å²) in [6.07, 6.45) is 5.80. The van der Waals surface area contributed by atoms with E-state index in [1.54, 1.807) is 0 Å². The van der Waals surface area contributed by atoms with Crippen molar-refractivity contribution in [3.63, 3.8) is 0 Å². The molecular formula is C10H22S2. The quantitative estimate of drug-likeness (QED) is 0.537. The van der Waals surface area contributed by atoms with Gasteiger partial charge in [-0.05, 0) is 24.7 Å². The summed E-state index contributed by atoms with van der Waals surface area (Å²) in [6.45, 7) is 4.77. The standard InChI is InChI=1S/C10H20S2.H2/c1-9-5-3-4-6-10(2)8-12-11-7-9;/h9-10H,3-8H2,1-2H3;1H. The maximum absolute atomic E-state index is 2.39. The first-order valence-corrected chi connectivity index (χ1v) is 7.52. The molecule has 0 nitrogen and oxygen atoms in total. The topological polar surface area (TPSA) is 0 Å². The molecule has 2 atom stereocenters. The van der Waals surface area contributed by atoms with E-state index in [0.29, 0.717) is 0 Å². The Hall–Kier alpha value is 0.700. The van der Waals surface area contributed by atoms with Crippen molar-refractivity contribution in [2.24, 2.45) is 11.8 Å². The molecule has 0 N–H and O–H groups in total. The van der Waals surface area contributed by atoms with Crippen molar-refractivity contribution in [3.8, 4) is 0 Å².